The molecule has 5 nitrogen and oxygen atoms in total. The molecule has 7 heteroatoms. The number of halogens is 1. The van der Waals surface area contributed by atoms with E-state index in [1.807, 2.05) is 28.7 Å². The van der Waals surface area contributed by atoms with E-state index in [2.05, 4.69) is 46.9 Å². The highest BCUT2D eigenvalue weighted by Crippen LogP contribution is 2.27. The molecule has 1 saturated heterocycles. The first-order chi connectivity index (χ1) is 12.2. The second-order valence-corrected chi connectivity index (χ2v) is 7.63. The van der Waals surface area contributed by atoms with E-state index in [1.165, 1.54) is 11.1 Å². The zero-order chi connectivity index (χ0) is 17.5. The van der Waals surface area contributed by atoms with Gasteiger partial charge in [-0.25, -0.2) is 0 Å². The number of amides is 1. The van der Waals surface area contributed by atoms with Crippen LogP contribution in [0.5, 0.6) is 0 Å². The third-order valence-electron chi connectivity index (χ3n) is 4.72. The summed E-state index contributed by atoms with van der Waals surface area (Å²) >= 11 is 1.85. The van der Waals surface area contributed by atoms with Gasteiger partial charge in [-0.15, -0.1) is 12.4 Å². The average molecular weight is 395 g/mol. The number of aromatic nitrogens is 2. The summed E-state index contributed by atoms with van der Waals surface area (Å²) in [5, 5.41) is 10.8. The Hall–Kier alpha value is -1.50. The van der Waals surface area contributed by atoms with Gasteiger partial charge in [0.2, 0.25) is 5.91 Å². The van der Waals surface area contributed by atoms with Crippen LogP contribution in [0.25, 0.3) is 0 Å². The lowest BCUT2D eigenvalue weighted by Gasteiger charge is -2.36. The lowest BCUT2D eigenvalue weighted by atomic mass is 9.87. The topological polar surface area (TPSA) is 59.0 Å². The van der Waals surface area contributed by atoms with Gasteiger partial charge in [0, 0.05) is 30.4 Å². The van der Waals surface area contributed by atoms with Gasteiger partial charge < -0.3 is 10.6 Å². The lowest BCUT2D eigenvalue weighted by molar-refractivity contribution is -0.131. The van der Waals surface area contributed by atoms with Gasteiger partial charge in [0.1, 0.15) is 5.54 Å². The molecule has 0 aliphatic carbocycles. The van der Waals surface area contributed by atoms with Crippen LogP contribution in [0.3, 0.4) is 0 Å². The Balaban J connectivity index is 0.00000243. The molecule has 1 aliphatic heterocycles. The zero-order valence-electron chi connectivity index (χ0n) is 15.1. The van der Waals surface area contributed by atoms with E-state index in [1.54, 1.807) is 6.20 Å². The molecule has 3 rings (SSSR count). The highest BCUT2D eigenvalue weighted by atomic mass is 35.5. The number of benzene rings is 1. The molecule has 2 heterocycles. The van der Waals surface area contributed by atoms with Crippen LogP contribution in [0.2, 0.25) is 0 Å². The van der Waals surface area contributed by atoms with E-state index in [-0.39, 0.29) is 18.3 Å². The molecule has 0 atom stereocenters. The van der Waals surface area contributed by atoms with Crippen molar-refractivity contribution in [2.45, 2.75) is 31.1 Å². The summed E-state index contributed by atoms with van der Waals surface area (Å²) in [5.74, 6) is 1.98. The number of carbonyl (C=O) groups excluding carboxylic acids is 1. The summed E-state index contributed by atoms with van der Waals surface area (Å²) in [6.07, 6.45) is 5.19. The average Bonchev–Trinajstić information content (AvgIpc) is 3.18. The molecule has 1 aromatic heterocycles. The van der Waals surface area contributed by atoms with E-state index in [0.29, 0.717) is 6.54 Å². The van der Waals surface area contributed by atoms with Crippen molar-refractivity contribution in [2.75, 3.05) is 25.4 Å². The van der Waals surface area contributed by atoms with Crippen LogP contribution in [0, 0.1) is 6.92 Å². The van der Waals surface area contributed by atoms with Crippen LogP contribution in [0.15, 0.2) is 42.7 Å². The largest absolute Gasteiger partial charge is 0.353 e. The monoisotopic (exact) mass is 394 g/mol. The molecule has 2 aromatic rings. The number of thioether (sulfide) groups is 1. The first-order valence-electron chi connectivity index (χ1n) is 8.83. The van der Waals surface area contributed by atoms with Gasteiger partial charge >= 0.3 is 0 Å². The Bertz CT molecular complexity index is 669. The molecule has 0 spiro atoms. The molecule has 2 N–H and O–H groups in total. The Labute approximate surface area is 165 Å². The lowest BCUT2D eigenvalue weighted by Crippen LogP contribution is -2.54. The smallest absolute Gasteiger partial charge is 0.248 e. The molecule has 1 aliphatic rings. The number of aryl methyl sites for hydroxylation is 1. The highest BCUT2D eigenvalue weighted by Gasteiger charge is 2.41. The molecule has 0 bridgehead atoms. The molecular weight excluding hydrogens is 368 g/mol. The van der Waals surface area contributed by atoms with Crippen molar-refractivity contribution in [3.8, 4) is 0 Å². The van der Waals surface area contributed by atoms with Crippen LogP contribution >= 0.6 is 24.2 Å². The minimum Gasteiger partial charge on any atom is -0.353 e. The van der Waals surface area contributed by atoms with Gasteiger partial charge in [-0.3, -0.25) is 9.48 Å². The summed E-state index contributed by atoms with van der Waals surface area (Å²) in [6, 6.07) is 10.5. The van der Waals surface area contributed by atoms with Crippen LogP contribution in [-0.2, 0) is 16.1 Å². The summed E-state index contributed by atoms with van der Waals surface area (Å²) in [7, 11) is 0. The minimum atomic E-state index is -0.545. The molecule has 0 unspecified atom stereocenters. The van der Waals surface area contributed by atoms with Crippen LogP contribution in [0.4, 0.5) is 0 Å². The summed E-state index contributed by atoms with van der Waals surface area (Å²) < 4.78 is 1.84. The second kappa shape index (κ2) is 10.00. The predicted molar refractivity (Wildman–Crippen MR) is 110 cm³/mol. The van der Waals surface area contributed by atoms with Gasteiger partial charge in [-0.2, -0.15) is 16.9 Å². The molecular formula is C19H27ClN4OS. The summed E-state index contributed by atoms with van der Waals surface area (Å²) in [4.78, 5) is 12.9. The number of nitrogens with zero attached hydrogens (tertiary/aromatic N) is 2. The molecule has 0 saturated carbocycles. The molecule has 1 amide bonds. The SMILES string of the molecule is Cc1ccc(CSCCNC(=O)C2(n3cccn3)CCNCC2)cc1.Cl. The first-order valence-corrected chi connectivity index (χ1v) is 9.99. The predicted octanol–water partition coefficient (Wildman–Crippen LogP) is 2.74. The fraction of sp³-hybridized carbons (Fsp3) is 0.474. The Kier molecular flexibility index (Phi) is 8.00. The van der Waals surface area contributed by atoms with Crippen molar-refractivity contribution in [3.63, 3.8) is 0 Å². The number of hydrogen-bond acceptors (Lipinski definition) is 4. The number of rotatable bonds is 7. The Morgan fingerprint density at radius 3 is 2.69 bits per heavy atom. The number of piperidine rings is 1. The van der Waals surface area contributed by atoms with Crippen molar-refractivity contribution >= 4 is 30.1 Å². The number of nitrogens with one attached hydrogen (secondary N) is 2. The molecule has 142 valence electrons. The standard InChI is InChI=1S/C19H26N4OS.ClH/c1-16-3-5-17(6-4-16)15-25-14-12-21-18(24)19(7-10-20-11-8-19)23-13-2-9-22-23;/h2-6,9,13,20H,7-8,10-12,14-15H2,1H3,(H,21,24);1H. The first kappa shape index (κ1) is 20.8. The van der Waals surface area contributed by atoms with Gasteiger partial charge in [-0.1, -0.05) is 29.8 Å². The maximum absolute atomic E-state index is 12.9. The number of hydrogen-bond donors (Lipinski definition) is 2. The maximum Gasteiger partial charge on any atom is 0.248 e. The fourth-order valence-corrected chi connectivity index (χ4v) is 4.02. The minimum absolute atomic E-state index is 0. The third-order valence-corrected chi connectivity index (χ3v) is 5.75. The van der Waals surface area contributed by atoms with Crippen LogP contribution in [0.1, 0.15) is 24.0 Å². The van der Waals surface area contributed by atoms with Gasteiger partial charge in [-0.05, 0) is 44.5 Å². The van der Waals surface area contributed by atoms with Gasteiger partial charge in [0.05, 0.1) is 0 Å². The highest BCUT2D eigenvalue weighted by molar-refractivity contribution is 7.98. The van der Waals surface area contributed by atoms with Crippen molar-refractivity contribution in [1.29, 1.82) is 0 Å². The summed E-state index contributed by atoms with van der Waals surface area (Å²) in [5.41, 5.74) is 2.07. The van der Waals surface area contributed by atoms with E-state index >= 15 is 0 Å². The quantitative estimate of drug-likeness (QED) is 0.709. The molecule has 26 heavy (non-hydrogen) atoms. The second-order valence-electron chi connectivity index (χ2n) is 6.53. The maximum atomic E-state index is 12.9. The normalized spacial score (nSPS) is 15.9. The van der Waals surface area contributed by atoms with E-state index in [9.17, 15) is 4.79 Å². The summed E-state index contributed by atoms with van der Waals surface area (Å²) in [6.45, 7) is 4.47. The fourth-order valence-electron chi connectivity index (χ4n) is 3.20. The Morgan fingerprint density at radius 1 is 1.31 bits per heavy atom. The van der Waals surface area contributed by atoms with E-state index in [4.69, 9.17) is 0 Å². The van der Waals surface area contributed by atoms with Crippen molar-refractivity contribution < 1.29 is 4.79 Å². The third kappa shape index (κ3) is 5.02. The van der Waals surface area contributed by atoms with Crippen molar-refractivity contribution in [3.05, 3.63) is 53.9 Å². The van der Waals surface area contributed by atoms with Crippen molar-refractivity contribution in [2.24, 2.45) is 0 Å². The Morgan fingerprint density at radius 2 is 2.04 bits per heavy atom. The van der Waals surface area contributed by atoms with E-state index in [0.717, 1.165) is 37.4 Å². The molecule has 0 radical (unpaired) electrons. The van der Waals surface area contributed by atoms with Crippen LogP contribution in [-0.4, -0.2) is 41.1 Å². The van der Waals surface area contributed by atoms with Gasteiger partial charge in [0.25, 0.3) is 0 Å². The number of carbonyl (C=O) groups is 1. The van der Waals surface area contributed by atoms with E-state index < -0.39 is 5.54 Å². The molecule has 1 aromatic carbocycles. The zero-order valence-corrected chi connectivity index (χ0v) is 16.7. The van der Waals surface area contributed by atoms with Crippen LogP contribution < -0.4 is 10.6 Å². The van der Waals surface area contributed by atoms with Gasteiger partial charge in [0.15, 0.2) is 0 Å². The molecule has 1 fully saturated rings. The van der Waals surface area contributed by atoms with Crippen molar-refractivity contribution in [1.82, 2.24) is 20.4 Å².